The van der Waals surface area contributed by atoms with Crippen molar-refractivity contribution in [3.05, 3.63) is 76.0 Å². The molecule has 1 amide bonds. The van der Waals surface area contributed by atoms with Crippen LogP contribution in [0.2, 0.25) is 10.0 Å². The normalized spacial score (nSPS) is 11.1. The number of benzene rings is 2. The van der Waals surface area contributed by atoms with Gasteiger partial charge in [-0.2, -0.15) is 5.10 Å². The number of primary amides is 1. The Hall–Kier alpha value is -3.29. The fourth-order valence-electron chi connectivity index (χ4n) is 3.02. The smallest absolute Gasteiger partial charge is 0.326 e. The van der Waals surface area contributed by atoms with Crippen LogP contribution in [0.5, 0.6) is 5.88 Å². The van der Waals surface area contributed by atoms with Gasteiger partial charge in [-0.1, -0.05) is 23.2 Å². The summed E-state index contributed by atoms with van der Waals surface area (Å²) in [5.41, 5.74) is 6.48. The highest BCUT2D eigenvalue weighted by molar-refractivity contribution is 6.32. The third kappa shape index (κ3) is 2.90. The monoisotopic (exact) mass is 414 g/mol. The minimum atomic E-state index is -0.916. The Morgan fingerprint density at radius 1 is 1.04 bits per heavy atom. The first-order valence-corrected chi connectivity index (χ1v) is 8.80. The molecule has 4 aromatic rings. The Labute approximate surface area is 168 Å². The van der Waals surface area contributed by atoms with Crippen molar-refractivity contribution < 1.29 is 14.7 Å². The zero-order valence-electron chi connectivity index (χ0n) is 14.1. The molecule has 4 rings (SSSR count). The predicted octanol–water partition coefficient (Wildman–Crippen LogP) is 4.00. The molecule has 28 heavy (non-hydrogen) atoms. The quantitative estimate of drug-likeness (QED) is 0.494. The average molecular weight is 415 g/mol. The molecule has 0 spiro atoms. The van der Waals surface area contributed by atoms with Crippen LogP contribution < -0.4 is 5.73 Å². The number of aromatic nitrogens is 3. The predicted molar refractivity (Wildman–Crippen MR) is 106 cm³/mol. The first-order chi connectivity index (χ1) is 13.4. The SMILES string of the molecule is NC(=O)n1c(O)c(C(=O)c2cnn(-c3ccc(Cl)cc3)c2)c2cc(Cl)ccc21. The second-order valence-electron chi connectivity index (χ2n) is 6.01. The van der Waals surface area contributed by atoms with Crippen LogP contribution in [0, 0.1) is 0 Å². The number of nitrogens with zero attached hydrogens (tertiary/aromatic N) is 3. The van der Waals surface area contributed by atoms with Crippen LogP contribution in [0.25, 0.3) is 16.6 Å². The van der Waals surface area contributed by atoms with E-state index in [0.717, 1.165) is 4.57 Å². The van der Waals surface area contributed by atoms with Crippen molar-refractivity contribution in [1.29, 1.82) is 0 Å². The van der Waals surface area contributed by atoms with E-state index in [4.69, 9.17) is 28.9 Å². The maximum atomic E-state index is 13.1. The van der Waals surface area contributed by atoms with E-state index >= 15 is 0 Å². The minimum Gasteiger partial charge on any atom is -0.494 e. The van der Waals surface area contributed by atoms with Gasteiger partial charge in [0, 0.05) is 21.6 Å². The van der Waals surface area contributed by atoms with Crippen molar-refractivity contribution in [3.63, 3.8) is 0 Å². The van der Waals surface area contributed by atoms with Gasteiger partial charge in [0.05, 0.1) is 28.5 Å². The molecule has 0 saturated heterocycles. The molecule has 0 fully saturated rings. The number of hydrogen-bond donors (Lipinski definition) is 2. The summed E-state index contributed by atoms with van der Waals surface area (Å²) in [6.07, 6.45) is 2.89. The van der Waals surface area contributed by atoms with Crippen LogP contribution in [0.4, 0.5) is 4.79 Å². The van der Waals surface area contributed by atoms with E-state index in [1.54, 1.807) is 24.3 Å². The van der Waals surface area contributed by atoms with Crippen molar-refractivity contribution in [2.75, 3.05) is 0 Å². The Morgan fingerprint density at radius 2 is 1.71 bits per heavy atom. The molecule has 0 saturated carbocycles. The van der Waals surface area contributed by atoms with E-state index in [9.17, 15) is 14.7 Å². The highest BCUT2D eigenvalue weighted by atomic mass is 35.5. The first-order valence-electron chi connectivity index (χ1n) is 8.05. The number of carbonyl (C=O) groups excluding carboxylic acids is 2. The van der Waals surface area contributed by atoms with Gasteiger partial charge in [-0.3, -0.25) is 4.79 Å². The van der Waals surface area contributed by atoms with Crippen molar-refractivity contribution in [1.82, 2.24) is 14.3 Å². The second kappa shape index (κ2) is 6.70. The molecule has 140 valence electrons. The van der Waals surface area contributed by atoms with Crippen LogP contribution in [-0.4, -0.2) is 31.3 Å². The molecule has 0 bridgehead atoms. The van der Waals surface area contributed by atoms with Crippen LogP contribution in [0.15, 0.2) is 54.9 Å². The lowest BCUT2D eigenvalue weighted by Gasteiger charge is -2.01. The van der Waals surface area contributed by atoms with Gasteiger partial charge in [-0.15, -0.1) is 0 Å². The number of fused-ring (bicyclic) bond motifs is 1. The van der Waals surface area contributed by atoms with Gasteiger partial charge >= 0.3 is 6.03 Å². The standard InChI is InChI=1S/C19H12Cl2N4O3/c20-11-1-4-13(5-2-11)24-9-10(8-23-24)17(26)16-14-7-12(21)3-6-15(14)25(18(16)27)19(22)28/h1-9,27H,(H2,22,28). The Morgan fingerprint density at radius 3 is 2.39 bits per heavy atom. The fourth-order valence-corrected chi connectivity index (χ4v) is 3.31. The van der Waals surface area contributed by atoms with Gasteiger partial charge in [0.1, 0.15) is 0 Å². The summed E-state index contributed by atoms with van der Waals surface area (Å²) in [4.78, 5) is 24.8. The van der Waals surface area contributed by atoms with Crippen LogP contribution >= 0.6 is 23.2 Å². The Kier molecular flexibility index (Phi) is 4.33. The molecular formula is C19H12Cl2N4O3. The van der Waals surface area contributed by atoms with Gasteiger partial charge in [0.2, 0.25) is 11.7 Å². The maximum Gasteiger partial charge on any atom is 0.326 e. The number of aromatic hydroxyl groups is 1. The summed E-state index contributed by atoms with van der Waals surface area (Å²) in [5.74, 6) is -1.07. The molecule has 0 aliphatic heterocycles. The summed E-state index contributed by atoms with van der Waals surface area (Å²) in [6.45, 7) is 0. The maximum absolute atomic E-state index is 13.1. The Balaban J connectivity index is 1.84. The molecule has 0 unspecified atom stereocenters. The van der Waals surface area contributed by atoms with Gasteiger partial charge in [0.15, 0.2) is 0 Å². The summed E-state index contributed by atoms with van der Waals surface area (Å²) in [5, 5.41) is 15.9. The van der Waals surface area contributed by atoms with E-state index in [0.29, 0.717) is 21.1 Å². The van der Waals surface area contributed by atoms with Gasteiger partial charge in [0.25, 0.3) is 0 Å². The molecule has 0 radical (unpaired) electrons. The number of rotatable bonds is 3. The zero-order chi connectivity index (χ0) is 20.0. The number of ketones is 1. The van der Waals surface area contributed by atoms with Gasteiger partial charge in [-0.05, 0) is 42.5 Å². The summed E-state index contributed by atoms with van der Waals surface area (Å²) >= 11 is 11.9. The molecule has 0 atom stereocenters. The lowest BCUT2D eigenvalue weighted by molar-refractivity contribution is 0.103. The average Bonchev–Trinajstić information content (AvgIpc) is 3.24. The topological polar surface area (TPSA) is 103 Å². The molecule has 2 aromatic carbocycles. The van der Waals surface area contributed by atoms with Crippen LogP contribution in [0.1, 0.15) is 15.9 Å². The van der Waals surface area contributed by atoms with Crippen molar-refractivity contribution in [2.45, 2.75) is 0 Å². The highest BCUT2D eigenvalue weighted by Gasteiger charge is 2.26. The number of amides is 1. The van der Waals surface area contributed by atoms with Crippen LogP contribution in [-0.2, 0) is 0 Å². The summed E-state index contributed by atoms with van der Waals surface area (Å²) < 4.78 is 2.36. The van der Waals surface area contributed by atoms with Crippen molar-refractivity contribution in [2.24, 2.45) is 5.73 Å². The van der Waals surface area contributed by atoms with E-state index in [1.165, 1.54) is 35.3 Å². The van der Waals surface area contributed by atoms with E-state index in [2.05, 4.69) is 5.10 Å². The lowest BCUT2D eigenvalue weighted by Crippen LogP contribution is -2.18. The number of nitrogens with two attached hydrogens (primary N) is 1. The first kappa shape index (κ1) is 18.1. The van der Waals surface area contributed by atoms with Crippen molar-refractivity contribution >= 4 is 45.9 Å². The van der Waals surface area contributed by atoms with Gasteiger partial charge < -0.3 is 10.8 Å². The van der Waals surface area contributed by atoms with E-state index in [-0.39, 0.29) is 16.6 Å². The van der Waals surface area contributed by atoms with E-state index < -0.39 is 17.7 Å². The number of halogens is 2. The third-order valence-corrected chi connectivity index (χ3v) is 4.77. The molecular weight excluding hydrogens is 403 g/mol. The molecule has 0 aliphatic rings. The molecule has 0 aliphatic carbocycles. The minimum absolute atomic E-state index is 0.0769. The van der Waals surface area contributed by atoms with Crippen LogP contribution in [0.3, 0.4) is 0 Å². The van der Waals surface area contributed by atoms with Crippen molar-refractivity contribution in [3.8, 4) is 11.6 Å². The molecule has 9 heteroatoms. The molecule has 2 aromatic heterocycles. The number of hydrogen-bond acceptors (Lipinski definition) is 4. The van der Waals surface area contributed by atoms with E-state index in [1.807, 2.05) is 0 Å². The zero-order valence-corrected chi connectivity index (χ0v) is 15.6. The molecule has 7 nitrogen and oxygen atoms in total. The number of carbonyl (C=O) groups is 2. The highest BCUT2D eigenvalue weighted by Crippen LogP contribution is 2.34. The van der Waals surface area contributed by atoms with Gasteiger partial charge in [-0.25, -0.2) is 14.0 Å². The lowest BCUT2D eigenvalue weighted by atomic mass is 10.1. The fraction of sp³-hybridized carbons (Fsp3) is 0. The third-order valence-electron chi connectivity index (χ3n) is 4.29. The largest absolute Gasteiger partial charge is 0.494 e. The summed E-state index contributed by atoms with van der Waals surface area (Å²) in [7, 11) is 0. The molecule has 2 heterocycles. The summed E-state index contributed by atoms with van der Waals surface area (Å²) in [6, 6.07) is 10.5. The molecule has 3 N–H and O–H groups in total. The Bertz CT molecular complexity index is 1240. The second-order valence-corrected chi connectivity index (χ2v) is 6.89.